The first-order chi connectivity index (χ1) is 23.4. The fraction of sp³-hybridized carbons (Fsp3) is 0.485. The van der Waals surface area contributed by atoms with Crippen LogP contribution in [-0.2, 0) is 54.2 Å². The van der Waals surface area contributed by atoms with Crippen molar-refractivity contribution in [3.63, 3.8) is 0 Å². The third-order valence-corrected chi connectivity index (χ3v) is 7.51. The number of hydrogen-bond donors (Lipinski definition) is 2. The highest BCUT2D eigenvalue weighted by Crippen LogP contribution is 2.32. The summed E-state index contributed by atoms with van der Waals surface area (Å²) in [6.45, 7) is 4.95. The molecule has 264 valence electrons. The van der Waals surface area contributed by atoms with Crippen LogP contribution >= 0.6 is 0 Å². The summed E-state index contributed by atoms with van der Waals surface area (Å²) >= 11 is 0. The summed E-state index contributed by atoms with van der Waals surface area (Å²) in [7, 11) is 0. The Bertz CT molecular complexity index is 1640. The van der Waals surface area contributed by atoms with E-state index in [2.05, 4.69) is 10.3 Å². The van der Waals surface area contributed by atoms with Crippen LogP contribution < -0.4 is 10.2 Å². The SMILES string of the molecule is CC(=O)OC[C@H]1O[C@@H](Oc2ccc3cc(-c4cn(CCCCCCC(=O)NO)nn4)ccc3c2)[C@H](OC(C)=O)[C@@H](OC(C)=O)[C@@H]1OC(C)=O. The number of benzene rings is 2. The van der Waals surface area contributed by atoms with Crippen molar-refractivity contribution in [2.75, 3.05) is 6.61 Å². The van der Waals surface area contributed by atoms with E-state index in [0.29, 0.717) is 24.4 Å². The van der Waals surface area contributed by atoms with E-state index >= 15 is 0 Å². The number of aryl methyl sites for hydroxylation is 1. The van der Waals surface area contributed by atoms with Crippen molar-refractivity contribution < 1.29 is 57.6 Å². The lowest BCUT2D eigenvalue weighted by molar-refractivity contribution is -0.288. The molecule has 0 bridgehead atoms. The van der Waals surface area contributed by atoms with E-state index < -0.39 is 54.6 Å². The highest BCUT2D eigenvalue weighted by molar-refractivity contribution is 5.87. The van der Waals surface area contributed by atoms with Crippen molar-refractivity contribution in [3.8, 4) is 17.0 Å². The summed E-state index contributed by atoms with van der Waals surface area (Å²) in [5.74, 6) is -2.88. The second-order valence-corrected chi connectivity index (χ2v) is 11.5. The molecule has 2 N–H and O–H groups in total. The van der Waals surface area contributed by atoms with Gasteiger partial charge in [0.15, 0.2) is 12.2 Å². The number of amides is 1. The van der Waals surface area contributed by atoms with E-state index in [0.717, 1.165) is 56.4 Å². The van der Waals surface area contributed by atoms with Crippen molar-refractivity contribution in [1.82, 2.24) is 20.5 Å². The van der Waals surface area contributed by atoms with Crippen LogP contribution in [0.1, 0.15) is 59.8 Å². The van der Waals surface area contributed by atoms with E-state index in [1.807, 2.05) is 30.5 Å². The average molecular weight is 685 g/mol. The molecule has 0 aliphatic carbocycles. The number of hydrogen-bond acceptors (Lipinski definition) is 14. The predicted octanol–water partition coefficient (Wildman–Crippen LogP) is 3.02. The monoisotopic (exact) mass is 684 g/mol. The number of ether oxygens (including phenoxy) is 6. The van der Waals surface area contributed by atoms with Gasteiger partial charge in [-0.15, -0.1) is 5.10 Å². The van der Waals surface area contributed by atoms with Crippen molar-refractivity contribution >= 4 is 40.6 Å². The molecule has 0 radical (unpaired) electrons. The van der Waals surface area contributed by atoms with Crippen LogP contribution in [0, 0.1) is 0 Å². The Balaban J connectivity index is 1.49. The Hall–Kier alpha value is -5.09. The lowest BCUT2D eigenvalue weighted by Gasteiger charge is -2.43. The number of aromatic nitrogens is 3. The van der Waals surface area contributed by atoms with Crippen LogP contribution in [0.4, 0.5) is 0 Å². The lowest BCUT2D eigenvalue weighted by Crippen LogP contribution is -2.63. The molecule has 1 aliphatic rings. The Labute approximate surface area is 281 Å². The zero-order valence-corrected chi connectivity index (χ0v) is 27.7. The predicted molar refractivity (Wildman–Crippen MR) is 169 cm³/mol. The van der Waals surface area contributed by atoms with Gasteiger partial charge in [-0.2, -0.15) is 0 Å². The van der Waals surface area contributed by atoms with Gasteiger partial charge in [0.1, 0.15) is 24.2 Å². The zero-order chi connectivity index (χ0) is 35.5. The molecule has 2 heterocycles. The molecule has 49 heavy (non-hydrogen) atoms. The first kappa shape index (κ1) is 36.7. The molecule has 0 unspecified atom stereocenters. The number of unbranched alkanes of at least 4 members (excludes halogenated alkanes) is 3. The quantitative estimate of drug-likeness (QED) is 0.0777. The Morgan fingerprint density at radius 1 is 0.816 bits per heavy atom. The standard InChI is InChI=1S/C33H40N4O12/c1-19(38)44-18-28-30(45-20(2)39)31(46-21(3)40)32(47-22(4)41)33(49-28)48-26-13-12-23-15-25(11-10-24(23)16-26)27-17-37(36-34-27)14-8-6-5-7-9-29(42)35-43/h10-13,15-17,28,30-33,43H,5-9,14,18H2,1-4H3,(H,35,42)/t28-,30-,31+,32-,33-/m1/s1. The zero-order valence-electron chi connectivity index (χ0n) is 27.7. The Morgan fingerprint density at radius 2 is 1.47 bits per heavy atom. The summed E-state index contributed by atoms with van der Waals surface area (Å²) in [4.78, 5) is 58.9. The number of hydroxylamine groups is 1. The van der Waals surface area contributed by atoms with Gasteiger partial charge in [-0.05, 0) is 41.8 Å². The first-order valence-electron chi connectivity index (χ1n) is 15.8. The molecule has 1 saturated heterocycles. The molecular weight excluding hydrogens is 644 g/mol. The number of fused-ring (bicyclic) bond motifs is 1. The summed E-state index contributed by atoms with van der Waals surface area (Å²) in [5, 5.41) is 18.8. The summed E-state index contributed by atoms with van der Waals surface area (Å²) < 4.78 is 35.4. The molecule has 5 atom stereocenters. The molecule has 4 rings (SSSR count). The molecule has 2 aromatic carbocycles. The highest BCUT2D eigenvalue weighted by Gasteiger charge is 2.53. The van der Waals surface area contributed by atoms with Crippen molar-refractivity contribution in [3.05, 3.63) is 42.6 Å². The first-order valence-corrected chi connectivity index (χ1v) is 15.8. The smallest absolute Gasteiger partial charge is 0.303 e. The van der Waals surface area contributed by atoms with Crippen LogP contribution in [0.15, 0.2) is 42.6 Å². The van der Waals surface area contributed by atoms with Gasteiger partial charge in [0, 0.05) is 46.2 Å². The maximum Gasteiger partial charge on any atom is 0.303 e. The van der Waals surface area contributed by atoms with Gasteiger partial charge >= 0.3 is 23.9 Å². The fourth-order valence-electron chi connectivity index (χ4n) is 5.38. The van der Waals surface area contributed by atoms with Gasteiger partial charge in [0.2, 0.25) is 18.3 Å². The van der Waals surface area contributed by atoms with Gasteiger partial charge in [0.05, 0.1) is 6.20 Å². The summed E-state index contributed by atoms with van der Waals surface area (Å²) in [6, 6.07) is 11.0. The third-order valence-electron chi connectivity index (χ3n) is 7.51. The number of carbonyl (C=O) groups excluding carboxylic acids is 5. The van der Waals surface area contributed by atoms with Crippen LogP contribution in [0.2, 0.25) is 0 Å². The number of rotatable bonds is 15. The minimum Gasteiger partial charge on any atom is -0.463 e. The Morgan fingerprint density at radius 3 is 2.16 bits per heavy atom. The molecule has 16 nitrogen and oxygen atoms in total. The number of esters is 4. The minimum atomic E-state index is -1.35. The molecule has 1 amide bonds. The maximum absolute atomic E-state index is 12.1. The van der Waals surface area contributed by atoms with Gasteiger partial charge in [-0.1, -0.05) is 36.3 Å². The van der Waals surface area contributed by atoms with Crippen LogP contribution in [0.5, 0.6) is 5.75 Å². The molecule has 3 aromatic rings. The number of nitrogens with one attached hydrogen (secondary N) is 1. The van der Waals surface area contributed by atoms with E-state index in [1.165, 1.54) is 6.92 Å². The van der Waals surface area contributed by atoms with E-state index in [-0.39, 0.29) is 18.9 Å². The summed E-state index contributed by atoms with van der Waals surface area (Å²) in [6.07, 6.45) is -0.996. The minimum absolute atomic E-state index is 0.287. The van der Waals surface area contributed by atoms with Gasteiger partial charge in [-0.3, -0.25) is 33.9 Å². The van der Waals surface area contributed by atoms with Gasteiger partial charge in [-0.25, -0.2) is 5.48 Å². The van der Waals surface area contributed by atoms with Crippen molar-refractivity contribution in [2.24, 2.45) is 0 Å². The molecule has 1 aromatic heterocycles. The number of nitrogens with zero attached hydrogens (tertiary/aromatic N) is 3. The van der Waals surface area contributed by atoms with Gasteiger partial charge in [0.25, 0.3) is 0 Å². The van der Waals surface area contributed by atoms with Crippen LogP contribution in [-0.4, -0.2) is 87.3 Å². The van der Waals surface area contributed by atoms with E-state index in [9.17, 15) is 24.0 Å². The molecular formula is C33H40N4O12. The van der Waals surface area contributed by atoms with Crippen LogP contribution in [0.25, 0.3) is 22.0 Å². The third kappa shape index (κ3) is 10.7. The van der Waals surface area contributed by atoms with Crippen LogP contribution in [0.3, 0.4) is 0 Å². The highest BCUT2D eigenvalue weighted by atomic mass is 16.7. The van der Waals surface area contributed by atoms with E-state index in [4.69, 9.17) is 33.6 Å². The lowest BCUT2D eigenvalue weighted by atomic mass is 9.98. The maximum atomic E-state index is 12.1. The largest absolute Gasteiger partial charge is 0.463 e. The number of carbonyl (C=O) groups is 5. The second-order valence-electron chi connectivity index (χ2n) is 11.5. The summed E-state index contributed by atoms with van der Waals surface area (Å²) in [5.41, 5.74) is 3.17. The molecule has 0 saturated carbocycles. The van der Waals surface area contributed by atoms with Crippen molar-refractivity contribution in [2.45, 2.75) is 97.0 Å². The topological polar surface area (TPSA) is 204 Å². The normalized spacial score (nSPS) is 20.2. The van der Waals surface area contributed by atoms with Crippen molar-refractivity contribution in [1.29, 1.82) is 0 Å². The second kappa shape index (κ2) is 17.3. The molecule has 16 heteroatoms. The molecule has 1 fully saturated rings. The van der Waals surface area contributed by atoms with E-state index in [1.54, 1.807) is 22.3 Å². The molecule has 1 aliphatic heterocycles. The van der Waals surface area contributed by atoms with Gasteiger partial charge < -0.3 is 28.4 Å². The fourth-order valence-corrected chi connectivity index (χ4v) is 5.38. The Kier molecular flexibility index (Phi) is 13.0. The average Bonchev–Trinajstić information content (AvgIpc) is 3.52. The molecule has 0 spiro atoms.